The molecule has 0 amide bonds. The first-order chi connectivity index (χ1) is 8.49. The Bertz CT molecular complexity index is 440. The summed E-state index contributed by atoms with van der Waals surface area (Å²) in [6.07, 6.45) is 2.26. The van der Waals surface area contributed by atoms with E-state index in [1.807, 2.05) is 17.0 Å². The minimum atomic E-state index is -2.48. The molecule has 1 heterocycles. The Morgan fingerprint density at radius 3 is 2.28 bits per heavy atom. The highest BCUT2D eigenvalue weighted by Gasteiger charge is 2.48. The molecule has 1 aromatic rings. The summed E-state index contributed by atoms with van der Waals surface area (Å²) in [5.74, 6) is -2.48. The molecule has 3 rings (SSSR count). The molecule has 2 aliphatic rings. The summed E-state index contributed by atoms with van der Waals surface area (Å²) >= 11 is 3.43. The molecule has 1 nitrogen and oxygen atoms in total. The van der Waals surface area contributed by atoms with Gasteiger partial charge in [0.15, 0.2) is 0 Å². The van der Waals surface area contributed by atoms with E-state index in [4.69, 9.17) is 0 Å². The molecule has 4 heteroatoms. The van der Waals surface area contributed by atoms with Gasteiger partial charge in [0.25, 0.3) is 5.92 Å². The van der Waals surface area contributed by atoms with Gasteiger partial charge in [0.2, 0.25) is 0 Å². The van der Waals surface area contributed by atoms with Crippen molar-refractivity contribution in [1.82, 2.24) is 4.90 Å². The highest BCUT2D eigenvalue weighted by molar-refractivity contribution is 9.10. The van der Waals surface area contributed by atoms with E-state index in [-0.39, 0.29) is 18.4 Å². The molecule has 0 atom stereocenters. The third kappa shape index (κ3) is 2.45. The molecule has 0 radical (unpaired) electrons. The van der Waals surface area contributed by atoms with Crippen LogP contribution in [0, 0.1) is 0 Å². The Morgan fingerprint density at radius 1 is 1.11 bits per heavy atom. The van der Waals surface area contributed by atoms with Gasteiger partial charge in [-0.2, -0.15) is 0 Å². The summed E-state index contributed by atoms with van der Waals surface area (Å²) < 4.78 is 27.5. The fourth-order valence-electron chi connectivity index (χ4n) is 2.86. The second-order valence-corrected chi connectivity index (χ2v) is 6.52. The Hall–Kier alpha value is -0.480. The molecule has 18 heavy (non-hydrogen) atoms. The number of hydrogen-bond donors (Lipinski definition) is 0. The molecule has 0 aromatic heterocycles. The van der Waals surface area contributed by atoms with Gasteiger partial charge in [-0.1, -0.05) is 28.1 Å². The summed E-state index contributed by atoms with van der Waals surface area (Å²) in [7, 11) is 0. The maximum Gasteiger partial charge on any atom is 0.261 e. The average molecular weight is 316 g/mol. The van der Waals surface area contributed by atoms with Crippen LogP contribution in [-0.2, 0) is 5.41 Å². The van der Waals surface area contributed by atoms with Gasteiger partial charge in [0.05, 0.1) is 6.54 Å². The molecule has 98 valence electrons. The fraction of sp³-hybridized carbons (Fsp3) is 0.571. The van der Waals surface area contributed by atoms with Crippen molar-refractivity contribution < 1.29 is 8.78 Å². The minimum absolute atomic E-state index is 0.0173. The monoisotopic (exact) mass is 315 g/mol. The summed E-state index contributed by atoms with van der Waals surface area (Å²) in [4.78, 5) is 1.93. The van der Waals surface area contributed by atoms with Crippen LogP contribution in [0.25, 0.3) is 0 Å². The molecule has 1 saturated heterocycles. The van der Waals surface area contributed by atoms with E-state index in [1.165, 1.54) is 5.56 Å². The van der Waals surface area contributed by atoms with Gasteiger partial charge in [0.1, 0.15) is 0 Å². The normalized spacial score (nSPS) is 25.3. The van der Waals surface area contributed by atoms with Crippen LogP contribution in [0.3, 0.4) is 0 Å². The third-order valence-electron chi connectivity index (χ3n) is 4.09. The lowest BCUT2D eigenvalue weighted by Crippen LogP contribution is -2.32. The Morgan fingerprint density at radius 2 is 1.78 bits per heavy atom. The number of nitrogens with zero attached hydrogens (tertiary/aromatic N) is 1. The van der Waals surface area contributed by atoms with Gasteiger partial charge in [-0.15, -0.1) is 0 Å². The molecule has 0 bridgehead atoms. The van der Waals surface area contributed by atoms with Gasteiger partial charge in [-0.3, -0.25) is 4.90 Å². The molecule has 2 fully saturated rings. The number of hydrogen-bond acceptors (Lipinski definition) is 1. The van der Waals surface area contributed by atoms with E-state index in [9.17, 15) is 8.78 Å². The van der Waals surface area contributed by atoms with Crippen molar-refractivity contribution >= 4 is 15.9 Å². The largest absolute Gasteiger partial charge is 0.296 e. The molecule has 0 spiro atoms. The van der Waals surface area contributed by atoms with Gasteiger partial charge in [0, 0.05) is 29.4 Å². The van der Waals surface area contributed by atoms with Crippen molar-refractivity contribution in [3.63, 3.8) is 0 Å². The topological polar surface area (TPSA) is 3.24 Å². The quantitative estimate of drug-likeness (QED) is 0.819. The van der Waals surface area contributed by atoms with Gasteiger partial charge >= 0.3 is 0 Å². The third-order valence-corrected chi connectivity index (χ3v) is 4.61. The Balaban J connectivity index is 1.71. The van der Waals surface area contributed by atoms with Crippen molar-refractivity contribution in [3.8, 4) is 0 Å². The second kappa shape index (κ2) is 4.27. The van der Waals surface area contributed by atoms with Crippen LogP contribution in [0.4, 0.5) is 8.78 Å². The lowest BCUT2D eigenvalue weighted by molar-refractivity contribution is 0.0114. The predicted molar refractivity (Wildman–Crippen MR) is 71.1 cm³/mol. The first kappa shape index (κ1) is 12.5. The van der Waals surface area contributed by atoms with Crippen LogP contribution in [0.1, 0.15) is 24.8 Å². The van der Waals surface area contributed by atoms with Crippen molar-refractivity contribution in [2.75, 3.05) is 19.6 Å². The number of benzene rings is 1. The summed E-state index contributed by atoms with van der Waals surface area (Å²) in [6, 6.07) is 8.30. The molecule has 0 N–H and O–H groups in total. The van der Waals surface area contributed by atoms with Gasteiger partial charge in [-0.05, 0) is 30.5 Å². The van der Waals surface area contributed by atoms with E-state index in [2.05, 4.69) is 28.1 Å². The van der Waals surface area contributed by atoms with Crippen LogP contribution in [0.2, 0.25) is 0 Å². The first-order valence-electron chi connectivity index (χ1n) is 6.35. The Labute approximate surface area is 114 Å². The number of halogens is 3. The van der Waals surface area contributed by atoms with Crippen LogP contribution >= 0.6 is 15.9 Å². The molecule has 1 aliphatic heterocycles. The molecular weight excluding hydrogens is 300 g/mol. The molecule has 1 aromatic carbocycles. The molecule has 1 aliphatic carbocycles. The lowest BCUT2D eigenvalue weighted by atomic mass is 9.95. The van der Waals surface area contributed by atoms with E-state index in [0.29, 0.717) is 6.54 Å². The highest BCUT2D eigenvalue weighted by atomic mass is 79.9. The van der Waals surface area contributed by atoms with Gasteiger partial charge < -0.3 is 0 Å². The fourth-order valence-corrected chi connectivity index (χ4v) is 3.13. The van der Waals surface area contributed by atoms with E-state index < -0.39 is 5.92 Å². The second-order valence-electron chi connectivity index (χ2n) is 5.60. The van der Waals surface area contributed by atoms with Crippen LogP contribution in [-0.4, -0.2) is 30.5 Å². The smallest absolute Gasteiger partial charge is 0.261 e. The molecule has 0 unspecified atom stereocenters. The maximum atomic E-state index is 13.2. The Kier molecular flexibility index (Phi) is 2.98. The maximum absolute atomic E-state index is 13.2. The average Bonchev–Trinajstić information content (AvgIpc) is 3.00. The highest BCUT2D eigenvalue weighted by Crippen LogP contribution is 2.49. The predicted octanol–water partition coefficient (Wildman–Crippen LogP) is 3.82. The lowest BCUT2D eigenvalue weighted by Gasteiger charge is -2.23. The summed E-state index contributed by atoms with van der Waals surface area (Å²) in [5, 5.41) is 0. The zero-order valence-corrected chi connectivity index (χ0v) is 11.7. The zero-order chi connectivity index (χ0) is 12.8. The standard InChI is InChI=1S/C14H16BrF2N/c15-12-3-1-11(2-4-12)13(5-6-13)9-18-8-7-14(16,17)10-18/h1-4H,5-10H2. The number of likely N-dealkylation sites (tertiary alicyclic amines) is 1. The van der Waals surface area contributed by atoms with Crippen LogP contribution < -0.4 is 0 Å². The van der Waals surface area contributed by atoms with Crippen LogP contribution in [0.5, 0.6) is 0 Å². The zero-order valence-electron chi connectivity index (χ0n) is 10.1. The van der Waals surface area contributed by atoms with E-state index in [0.717, 1.165) is 23.9 Å². The van der Waals surface area contributed by atoms with Gasteiger partial charge in [-0.25, -0.2) is 8.78 Å². The first-order valence-corrected chi connectivity index (χ1v) is 7.15. The minimum Gasteiger partial charge on any atom is -0.296 e. The summed E-state index contributed by atoms with van der Waals surface area (Å²) in [5.41, 5.74) is 1.43. The molecular formula is C14H16BrF2N. The van der Waals surface area contributed by atoms with E-state index >= 15 is 0 Å². The number of rotatable bonds is 3. The van der Waals surface area contributed by atoms with Crippen molar-refractivity contribution in [2.24, 2.45) is 0 Å². The van der Waals surface area contributed by atoms with Crippen molar-refractivity contribution in [1.29, 1.82) is 0 Å². The van der Waals surface area contributed by atoms with E-state index in [1.54, 1.807) is 0 Å². The van der Waals surface area contributed by atoms with Crippen LogP contribution in [0.15, 0.2) is 28.7 Å². The van der Waals surface area contributed by atoms with Crippen molar-refractivity contribution in [2.45, 2.75) is 30.6 Å². The number of alkyl halides is 2. The SMILES string of the molecule is FC1(F)CCN(CC2(c3ccc(Br)cc3)CC2)C1. The molecule has 1 saturated carbocycles. The van der Waals surface area contributed by atoms with Crippen molar-refractivity contribution in [3.05, 3.63) is 34.3 Å². The summed E-state index contributed by atoms with van der Waals surface area (Å²) in [6.45, 7) is 1.25.